The number of nitrogens with zero attached hydrogens (tertiary/aromatic N) is 3. The average Bonchev–Trinajstić information content (AvgIpc) is 2.88. The van der Waals surface area contributed by atoms with Crippen LogP contribution in [-0.2, 0) is 11.2 Å². The molecule has 0 unspecified atom stereocenters. The van der Waals surface area contributed by atoms with E-state index in [2.05, 4.69) is 59.4 Å². The number of likely N-dealkylation sites (tertiary alicyclic amines) is 1. The monoisotopic (exact) mass is 539 g/mol. The van der Waals surface area contributed by atoms with Crippen LogP contribution in [0.3, 0.4) is 0 Å². The molecule has 4 rings (SSSR count). The minimum atomic E-state index is 0. The molecule has 1 saturated carbocycles. The van der Waals surface area contributed by atoms with Crippen LogP contribution in [0.5, 0.6) is 11.6 Å². The van der Waals surface area contributed by atoms with Crippen LogP contribution in [0.1, 0.15) is 64.0 Å². The summed E-state index contributed by atoms with van der Waals surface area (Å²) in [7, 11) is 3.93. The molecule has 1 aliphatic carbocycles. The summed E-state index contributed by atoms with van der Waals surface area (Å²) in [4.78, 5) is 2.31. The Morgan fingerprint density at radius 2 is 1.75 bits per heavy atom. The second-order valence-corrected chi connectivity index (χ2v) is 9.94. The second kappa shape index (κ2) is 15.6. The molecule has 0 amide bonds. The normalized spacial score (nSPS) is 20.8. The van der Waals surface area contributed by atoms with Crippen molar-refractivity contribution in [3.05, 3.63) is 36.0 Å². The minimum absolute atomic E-state index is 0. The van der Waals surface area contributed by atoms with E-state index in [9.17, 15) is 0 Å². The molecular weight excluding hydrogens is 497 g/mol. The van der Waals surface area contributed by atoms with Gasteiger partial charge in [0.15, 0.2) is 0 Å². The third kappa shape index (κ3) is 8.47. The molecule has 0 N–H and O–H groups in total. The Labute approximate surface area is 229 Å². The van der Waals surface area contributed by atoms with Crippen LogP contribution in [0.15, 0.2) is 30.3 Å². The van der Waals surface area contributed by atoms with E-state index < -0.39 is 0 Å². The number of unbranched alkanes of at least 4 members (excludes halogenated alkanes) is 1. The molecule has 8 heteroatoms. The van der Waals surface area contributed by atoms with Gasteiger partial charge in [-0.25, -0.2) is 0 Å². The first-order valence-electron chi connectivity index (χ1n) is 13.1. The van der Waals surface area contributed by atoms with Crippen LogP contribution in [-0.4, -0.2) is 61.2 Å². The van der Waals surface area contributed by atoms with Gasteiger partial charge < -0.3 is 19.1 Å². The predicted molar refractivity (Wildman–Crippen MR) is 150 cm³/mol. The molecule has 0 bridgehead atoms. The van der Waals surface area contributed by atoms with E-state index in [1.165, 1.54) is 32.1 Å². The maximum Gasteiger partial charge on any atom is 0.234 e. The molecule has 2 fully saturated rings. The summed E-state index contributed by atoms with van der Waals surface area (Å²) in [6.07, 6.45) is 11.0. The molecular formula is C28H43Cl2N3O3. The van der Waals surface area contributed by atoms with Gasteiger partial charge in [0.25, 0.3) is 0 Å². The number of benzene rings is 1. The molecule has 1 saturated heterocycles. The van der Waals surface area contributed by atoms with Gasteiger partial charge in [0.05, 0.1) is 24.5 Å². The number of aromatic nitrogens is 2. The van der Waals surface area contributed by atoms with Gasteiger partial charge in [0, 0.05) is 31.2 Å². The van der Waals surface area contributed by atoms with Crippen LogP contribution < -0.4 is 9.47 Å². The van der Waals surface area contributed by atoms with E-state index in [-0.39, 0.29) is 30.9 Å². The van der Waals surface area contributed by atoms with Crippen molar-refractivity contribution in [2.45, 2.75) is 76.9 Å². The molecule has 0 spiro atoms. The molecule has 2 aromatic rings. The fourth-order valence-corrected chi connectivity index (χ4v) is 5.11. The Morgan fingerprint density at radius 1 is 1.00 bits per heavy atom. The highest BCUT2D eigenvalue weighted by Gasteiger charge is 2.28. The van der Waals surface area contributed by atoms with Crippen LogP contribution in [0.25, 0.3) is 11.1 Å². The fraction of sp³-hybridized carbons (Fsp3) is 0.643. The Balaban J connectivity index is 0.00000228. The third-order valence-electron chi connectivity index (χ3n) is 7.28. The lowest BCUT2D eigenvalue weighted by Crippen LogP contribution is -2.44. The summed E-state index contributed by atoms with van der Waals surface area (Å²) < 4.78 is 18.1. The third-order valence-corrected chi connectivity index (χ3v) is 7.28. The van der Waals surface area contributed by atoms with Crippen molar-refractivity contribution in [3.63, 3.8) is 0 Å². The van der Waals surface area contributed by atoms with Gasteiger partial charge in [0.1, 0.15) is 5.75 Å². The SMILES string of the molecule is CCCCc1nnc(OC[C@@H]2CCN(C)C[C@H]2OC)cc1-c1ccc(OC2CCCCC2)cc1.Cl.Cl. The number of hydrogen-bond donors (Lipinski definition) is 0. The predicted octanol–water partition coefficient (Wildman–Crippen LogP) is 6.39. The van der Waals surface area contributed by atoms with E-state index >= 15 is 0 Å². The largest absolute Gasteiger partial charge is 0.490 e. The number of ether oxygens (including phenoxy) is 3. The number of aryl methyl sites for hydroxylation is 1. The molecule has 1 aromatic heterocycles. The van der Waals surface area contributed by atoms with E-state index in [0.717, 1.165) is 61.3 Å². The standard InChI is InChI=1S/C28H41N3O3.2ClH/c1-4-5-11-26-25(21-12-14-24(15-13-21)34-23-9-7-6-8-10-23)18-28(30-29-26)33-20-22-16-17-31(2)19-27(22)32-3;;/h12-15,18,22-23,27H,4-11,16-17,19-20H2,1-3H3;2*1H/t22-,27+;;/m0../s1. The first kappa shape index (κ1) is 30.6. The Bertz CT molecular complexity index is 894. The van der Waals surface area contributed by atoms with Crippen LogP contribution in [0, 0.1) is 5.92 Å². The number of hydrogen-bond acceptors (Lipinski definition) is 6. The van der Waals surface area contributed by atoms with Gasteiger partial charge in [-0.05, 0) is 76.2 Å². The number of rotatable bonds is 10. The van der Waals surface area contributed by atoms with Gasteiger partial charge in [-0.2, -0.15) is 5.10 Å². The summed E-state index contributed by atoms with van der Waals surface area (Å²) in [5.74, 6) is 1.91. The Morgan fingerprint density at radius 3 is 2.44 bits per heavy atom. The highest BCUT2D eigenvalue weighted by molar-refractivity contribution is 5.85. The van der Waals surface area contributed by atoms with Crippen LogP contribution in [0.2, 0.25) is 0 Å². The Kier molecular flexibility index (Phi) is 13.3. The van der Waals surface area contributed by atoms with Crippen LogP contribution in [0.4, 0.5) is 0 Å². The average molecular weight is 541 g/mol. The topological polar surface area (TPSA) is 56.7 Å². The van der Waals surface area contributed by atoms with Gasteiger partial charge in [0.2, 0.25) is 5.88 Å². The smallest absolute Gasteiger partial charge is 0.234 e. The van der Waals surface area contributed by atoms with Crippen molar-refractivity contribution in [2.75, 3.05) is 33.9 Å². The molecule has 0 radical (unpaired) electrons. The molecule has 1 aliphatic heterocycles. The number of piperidine rings is 1. The van der Waals surface area contributed by atoms with Gasteiger partial charge in [-0.15, -0.1) is 29.9 Å². The van der Waals surface area contributed by atoms with E-state index in [4.69, 9.17) is 14.2 Å². The van der Waals surface area contributed by atoms with Gasteiger partial charge >= 0.3 is 0 Å². The summed E-state index contributed by atoms with van der Waals surface area (Å²) in [5.41, 5.74) is 3.27. The van der Waals surface area contributed by atoms with Crippen molar-refractivity contribution in [1.29, 1.82) is 0 Å². The molecule has 2 atom stereocenters. The maximum atomic E-state index is 6.23. The van der Waals surface area contributed by atoms with Crippen molar-refractivity contribution in [3.8, 4) is 22.8 Å². The first-order valence-corrected chi connectivity index (χ1v) is 13.1. The molecule has 6 nitrogen and oxygen atoms in total. The van der Waals surface area contributed by atoms with E-state index in [0.29, 0.717) is 24.5 Å². The maximum absolute atomic E-state index is 6.23. The zero-order valence-corrected chi connectivity index (χ0v) is 23.6. The van der Waals surface area contributed by atoms with Gasteiger partial charge in [-0.3, -0.25) is 0 Å². The number of halogens is 2. The lowest BCUT2D eigenvalue weighted by molar-refractivity contribution is -0.0197. The molecule has 1 aromatic carbocycles. The molecule has 202 valence electrons. The second-order valence-electron chi connectivity index (χ2n) is 9.94. The van der Waals surface area contributed by atoms with Crippen LogP contribution >= 0.6 is 24.8 Å². The van der Waals surface area contributed by atoms with Crippen molar-refractivity contribution in [1.82, 2.24) is 15.1 Å². The zero-order valence-electron chi connectivity index (χ0n) is 22.0. The van der Waals surface area contributed by atoms with E-state index in [1.807, 2.05) is 0 Å². The summed E-state index contributed by atoms with van der Waals surface area (Å²) in [6, 6.07) is 10.5. The Hall–Kier alpha value is -1.60. The fourth-order valence-electron chi connectivity index (χ4n) is 5.11. The highest BCUT2D eigenvalue weighted by Crippen LogP contribution is 2.30. The first-order chi connectivity index (χ1) is 16.7. The lowest BCUT2D eigenvalue weighted by Gasteiger charge is -2.35. The minimum Gasteiger partial charge on any atom is -0.490 e. The molecule has 2 aliphatic rings. The van der Waals surface area contributed by atoms with Crippen molar-refractivity contribution < 1.29 is 14.2 Å². The lowest BCUT2D eigenvalue weighted by atomic mass is 9.95. The zero-order chi connectivity index (χ0) is 23.8. The summed E-state index contributed by atoms with van der Waals surface area (Å²) in [6.45, 7) is 4.81. The summed E-state index contributed by atoms with van der Waals surface area (Å²) >= 11 is 0. The number of likely N-dealkylation sites (N-methyl/N-ethyl adjacent to an activating group) is 1. The highest BCUT2D eigenvalue weighted by atomic mass is 35.5. The van der Waals surface area contributed by atoms with E-state index in [1.54, 1.807) is 7.11 Å². The quantitative estimate of drug-likeness (QED) is 0.348. The molecule has 2 heterocycles. The van der Waals surface area contributed by atoms with Crippen molar-refractivity contribution in [2.24, 2.45) is 5.92 Å². The van der Waals surface area contributed by atoms with Crippen molar-refractivity contribution >= 4 is 24.8 Å². The van der Waals surface area contributed by atoms with Gasteiger partial charge in [-0.1, -0.05) is 31.9 Å². The summed E-state index contributed by atoms with van der Waals surface area (Å²) in [5, 5.41) is 8.99. The molecule has 36 heavy (non-hydrogen) atoms. The number of methoxy groups -OCH3 is 1.